The van der Waals surface area contributed by atoms with Crippen LogP contribution in [0.1, 0.15) is 0 Å². The van der Waals surface area contributed by atoms with Gasteiger partial charge < -0.3 is 14.8 Å². The molecule has 32 heavy (non-hydrogen) atoms. The van der Waals surface area contributed by atoms with Gasteiger partial charge in [-0.15, -0.1) is 0 Å². The second-order valence-corrected chi connectivity index (χ2v) is 9.43. The highest BCUT2D eigenvalue weighted by molar-refractivity contribution is 9.10. The summed E-state index contributed by atoms with van der Waals surface area (Å²) in [6, 6.07) is 21.9. The van der Waals surface area contributed by atoms with Gasteiger partial charge in [0, 0.05) is 4.47 Å². The molecular weight excluding hydrogens is 496 g/mol. The first-order valence-corrected chi connectivity index (χ1v) is 12.0. The molecule has 0 unspecified atom stereocenters. The van der Waals surface area contributed by atoms with E-state index in [-0.39, 0.29) is 24.6 Å². The molecule has 3 aromatic rings. The average Bonchev–Trinajstić information content (AvgIpc) is 2.81. The van der Waals surface area contributed by atoms with Crippen LogP contribution in [-0.2, 0) is 14.8 Å². The number of methoxy groups -OCH3 is 1. The maximum Gasteiger partial charge on any atom is 0.264 e. The normalized spacial score (nSPS) is 10.9. The molecule has 7 nitrogen and oxygen atoms in total. The minimum absolute atomic E-state index is 0.107. The predicted molar refractivity (Wildman–Crippen MR) is 127 cm³/mol. The highest BCUT2D eigenvalue weighted by Gasteiger charge is 2.27. The number of benzene rings is 3. The molecular formula is C23H23BrN2O5S. The van der Waals surface area contributed by atoms with Crippen molar-refractivity contribution in [3.63, 3.8) is 0 Å². The first-order chi connectivity index (χ1) is 15.4. The summed E-state index contributed by atoms with van der Waals surface area (Å²) in [6.45, 7) is 0.0415. The number of amides is 1. The number of halogens is 1. The zero-order valence-electron chi connectivity index (χ0n) is 17.4. The van der Waals surface area contributed by atoms with Gasteiger partial charge in [0.1, 0.15) is 13.2 Å². The minimum atomic E-state index is -3.94. The molecule has 0 spiro atoms. The maximum atomic E-state index is 13.2. The summed E-state index contributed by atoms with van der Waals surface area (Å²) in [5.74, 6) is 0.706. The molecule has 0 aliphatic rings. The summed E-state index contributed by atoms with van der Waals surface area (Å²) in [5.41, 5.74) is 0.387. The van der Waals surface area contributed by atoms with Crippen LogP contribution in [0.5, 0.6) is 11.5 Å². The molecule has 0 aliphatic heterocycles. The number of carbonyl (C=O) groups excluding carboxylic acids is 1. The molecule has 0 atom stereocenters. The number of anilines is 1. The van der Waals surface area contributed by atoms with Gasteiger partial charge in [-0.05, 0) is 48.5 Å². The van der Waals surface area contributed by atoms with Crippen molar-refractivity contribution in [2.24, 2.45) is 0 Å². The molecule has 0 heterocycles. The Labute approximate surface area is 196 Å². The van der Waals surface area contributed by atoms with Gasteiger partial charge in [0.25, 0.3) is 10.0 Å². The number of hydrogen-bond acceptors (Lipinski definition) is 5. The van der Waals surface area contributed by atoms with Gasteiger partial charge in [-0.2, -0.15) is 0 Å². The molecule has 3 rings (SSSR count). The lowest BCUT2D eigenvalue weighted by Gasteiger charge is -2.24. The van der Waals surface area contributed by atoms with Gasteiger partial charge in [0.2, 0.25) is 5.91 Å². The number of rotatable bonds is 10. The Balaban J connectivity index is 1.68. The Kier molecular flexibility index (Phi) is 8.13. The van der Waals surface area contributed by atoms with E-state index in [1.165, 1.54) is 12.1 Å². The Hall–Kier alpha value is -3.04. The van der Waals surface area contributed by atoms with Crippen molar-refractivity contribution < 1.29 is 22.7 Å². The van der Waals surface area contributed by atoms with E-state index in [1.54, 1.807) is 61.7 Å². The molecule has 0 saturated carbocycles. The summed E-state index contributed by atoms with van der Waals surface area (Å²) in [4.78, 5) is 12.7. The third kappa shape index (κ3) is 6.02. The number of carbonyl (C=O) groups is 1. The number of nitrogens with one attached hydrogen (secondary N) is 1. The summed E-state index contributed by atoms with van der Waals surface area (Å²) in [7, 11) is -2.39. The van der Waals surface area contributed by atoms with Gasteiger partial charge in [-0.1, -0.05) is 46.3 Å². The quantitative estimate of drug-likeness (QED) is 0.412. The van der Waals surface area contributed by atoms with Gasteiger partial charge in [-0.25, -0.2) is 8.42 Å². The molecule has 3 aromatic carbocycles. The molecule has 9 heteroatoms. The number of nitrogens with zero attached hydrogens (tertiary/aromatic N) is 1. The first kappa shape index (κ1) is 23.6. The molecule has 1 amide bonds. The smallest absolute Gasteiger partial charge is 0.264 e. The molecule has 0 bridgehead atoms. The van der Waals surface area contributed by atoms with Crippen molar-refractivity contribution in [2.45, 2.75) is 4.90 Å². The number of hydrogen-bond donors (Lipinski definition) is 1. The summed E-state index contributed by atoms with van der Waals surface area (Å²) in [5, 5.41) is 2.71. The van der Waals surface area contributed by atoms with Crippen LogP contribution in [0.3, 0.4) is 0 Å². The number of para-hydroxylation sites is 2. The molecule has 0 radical (unpaired) electrons. The van der Waals surface area contributed by atoms with Gasteiger partial charge >= 0.3 is 0 Å². The van der Waals surface area contributed by atoms with E-state index in [1.807, 2.05) is 12.1 Å². The van der Waals surface area contributed by atoms with E-state index in [2.05, 4.69) is 21.2 Å². The van der Waals surface area contributed by atoms with Crippen LogP contribution in [0.2, 0.25) is 0 Å². The highest BCUT2D eigenvalue weighted by atomic mass is 79.9. The second-order valence-electron chi connectivity index (χ2n) is 6.65. The predicted octanol–water partition coefficient (Wildman–Crippen LogP) is 3.85. The molecule has 0 saturated heterocycles. The highest BCUT2D eigenvalue weighted by Crippen LogP contribution is 2.26. The van der Waals surface area contributed by atoms with E-state index in [9.17, 15) is 13.2 Å². The van der Waals surface area contributed by atoms with Crippen LogP contribution in [0.4, 0.5) is 5.69 Å². The van der Waals surface area contributed by atoms with Crippen LogP contribution in [0.25, 0.3) is 0 Å². The molecule has 168 valence electrons. The lowest BCUT2D eigenvalue weighted by Crippen LogP contribution is -2.41. The van der Waals surface area contributed by atoms with E-state index in [0.29, 0.717) is 17.2 Å². The second kappa shape index (κ2) is 11.0. The Morgan fingerprint density at radius 1 is 0.938 bits per heavy atom. The third-order valence-corrected chi connectivity index (χ3v) is 6.80. The van der Waals surface area contributed by atoms with Crippen LogP contribution in [0, 0.1) is 0 Å². The van der Waals surface area contributed by atoms with E-state index in [0.717, 1.165) is 8.78 Å². The first-order valence-electron chi connectivity index (χ1n) is 9.77. The standard InChI is InChI=1S/C23H23BrN2O5S/c1-30-21-9-5-6-10-22(21)31-16-15-25-23(27)17-26(19-13-11-18(24)12-14-19)32(28,29)20-7-3-2-4-8-20/h2-14H,15-17H2,1H3,(H,25,27). The van der Waals surface area contributed by atoms with Crippen LogP contribution in [-0.4, -0.2) is 41.1 Å². The van der Waals surface area contributed by atoms with Crippen molar-refractivity contribution in [1.29, 1.82) is 0 Å². The summed E-state index contributed by atoms with van der Waals surface area (Å²) >= 11 is 3.34. The van der Waals surface area contributed by atoms with E-state index >= 15 is 0 Å². The van der Waals surface area contributed by atoms with Crippen LogP contribution < -0.4 is 19.1 Å². The Morgan fingerprint density at radius 2 is 1.56 bits per heavy atom. The average molecular weight is 519 g/mol. The van der Waals surface area contributed by atoms with Gasteiger partial charge in [0.15, 0.2) is 11.5 Å². The third-order valence-electron chi connectivity index (χ3n) is 4.48. The van der Waals surface area contributed by atoms with Crippen molar-refractivity contribution in [3.05, 3.63) is 83.3 Å². The molecule has 0 aromatic heterocycles. The fraction of sp³-hybridized carbons (Fsp3) is 0.174. The fourth-order valence-corrected chi connectivity index (χ4v) is 4.62. The van der Waals surface area contributed by atoms with Crippen molar-refractivity contribution in [2.75, 3.05) is 31.1 Å². The maximum absolute atomic E-state index is 13.2. The minimum Gasteiger partial charge on any atom is -0.493 e. The lowest BCUT2D eigenvalue weighted by molar-refractivity contribution is -0.119. The Bertz CT molecular complexity index is 1140. The SMILES string of the molecule is COc1ccccc1OCCNC(=O)CN(c1ccc(Br)cc1)S(=O)(=O)c1ccccc1. The number of ether oxygens (including phenoxy) is 2. The topological polar surface area (TPSA) is 84.9 Å². The molecule has 0 fully saturated rings. The summed E-state index contributed by atoms with van der Waals surface area (Å²) in [6.07, 6.45) is 0. The van der Waals surface area contributed by atoms with Crippen molar-refractivity contribution in [3.8, 4) is 11.5 Å². The van der Waals surface area contributed by atoms with Crippen molar-refractivity contribution >= 4 is 37.5 Å². The zero-order chi connectivity index (χ0) is 23.0. The van der Waals surface area contributed by atoms with Crippen LogP contribution in [0.15, 0.2) is 88.2 Å². The van der Waals surface area contributed by atoms with E-state index < -0.39 is 15.9 Å². The van der Waals surface area contributed by atoms with E-state index in [4.69, 9.17) is 9.47 Å². The molecule has 1 N–H and O–H groups in total. The fourth-order valence-electron chi connectivity index (χ4n) is 2.92. The zero-order valence-corrected chi connectivity index (χ0v) is 19.8. The van der Waals surface area contributed by atoms with Crippen LogP contribution >= 0.6 is 15.9 Å². The largest absolute Gasteiger partial charge is 0.493 e. The monoisotopic (exact) mass is 518 g/mol. The van der Waals surface area contributed by atoms with Crippen molar-refractivity contribution in [1.82, 2.24) is 5.32 Å². The summed E-state index contributed by atoms with van der Waals surface area (Å²) < 4.78 is 39.2. The Morgan fingerprint density at radius 3 is 2.22 bits per heavy atom. The lowest BCUT2D eigenvalue weighted by atomic mass is 10.3. The molecule has 0 aliphatic carbocycles. The van der Waals surface area contributed by atoms with Gasteiger partial charge in [-0.3, -0.25) is 9.10 Å². The van der Waals surface area contributed by atoms with Gasteiger partial charge in [0.05, 0.1) is 24.2 Å². The number of sulfonamides is 1.